The monoisotopic (exact) mass is 502 g/mol. The number of carbonyl (C=O) groups excluding carboxylic acids is 1. The predicted molar refractivity (Wildman–Crippen MR) is 111 cm³/mol. The molecule has 0 bridgehead atoms. The van der Waals surface area contributed by atoms with Crippen LogP contribution in [0.2, 0.25) is 0 Å². The lowest BCUT2D eigenvalue weighted by molar-refractivity contribution is -0.272. The fourth-order valence-electron chi connectivity index (χ4n) is 4.36. The molecule has 2 aliphatic rings. The molecule has 2 aromatic rings. The number of nitrogens with two attached hydrogens (primary N) is 1. The zero-order valence-corrected chi connectivity index (χ0v) is 19.0. The lowest BCUT2D eigenvalue weighted by Gasteiger charge is -2.36. The Morgan fingerprint density at radius 3 is 2.51 bits per heavy atom. The predicted octanol–water partition coefficient (Wildman–Crippen LogP) is 3.03. The Balaban J connectivity index is 1.72. The number of hydrogen-bond acceptors (Lipinski definition) is 7. The summed E-state index contributed by atoms with van der Waals surface area (Å²) in [5.74, 6) is -6.76. The number of amides is 1. The third kappa shape index (κ3) is 4.10. The number of halogens is 5. The first-order chi connectivity index (χ1) is 16.3. The summed E-state index contributed by atoms with van der Waals surface area (Å²) >= 11 is 0. The van der Waals surface area contributed by atoms with Gasteiger partial charge in [0.1, 0.15) is 17.5 Å². The van der Waals surface area contributed by atoms with Crippen molar-refractivity contribution in [1.82, 2.24) is 9.97 Å². The van der Waals surface area contributed by atoms with Gasteiger partial charge in [0.2, 0.25) is 5.82 Å². The number of nitrogens with one attached hydrogen (secondary N) is 1. The van der Waals surface area contributed by atoms with Gasteiger partial charge in [-0.05, 0) is 19.1 Å². The number of carbonyl (C=O) groups is 1. The van der Waals surface area contributed by atoms with Crippen LogP contribution in [0, 0.1) is 17.6 Å². The second kappa shape index (κ2) is 8.64. The van der Waals surface area contributed by atoms with Crippen LogP contribution in [-0.2, 0) is 19.8 Å². The van der Waals surface area contributed by atoms with E-state index in [-0.39, 0.29) is 30.4 Å². The van der Waals surface area contributed by atoms with Crippen LogP contribution in [0.3, 0.4) is 0 Å². The lowest BCUT2D eigenvalue weighted by atomic mass is 9.77. The van der Waals surface area contributed by atoms with Crippen molar-refractivity contribution in [2.45, 2.75) is 43.2 Å². The second-order valence-electron chi connectivity index (χ2n) is 8.85. The molecule has 0 spiro atoms. The van der Waals surface area contributed by atoms with E-state index in [9.17, 15) is 26.7 Å². The Kier molecular flexibility index (Phi) is 6.22. The normalized spacial score (nSPS) is 27.9. The number of benzene rings is 1. The van der Waals surface area contributed by atoms with Crippen LogP contribution in [0.5, 0.6) is 5.75 Å². The summed E-state index contributed by atoms with van der Waals surface area (Å²) in [5, 5.41) is 2.43. The van der Waals surface area contributed by atoms with Crippen molar-refractivity contribution in [3.63, 3.8) is 0 Å². The highest BCUT2D eigenvalue weighted by atomic mass is 19.4. The summed E-state index contributed by atoms with van der Waals surface area (Å²) in [6, 6.07) is 3.18. The van der Waals surface area contributed by atoms with Crippen molar-refractivity contribution >= 4 is 11.7 Å². The van der Waals surface area contributed by atoms with Crippen LogP contribution in [-0.4, -0.2) is 54.1 Å². The number of alkyl halides is 3. The summed E-state index contributed by atoms with van der Waals surface area (Å²) in [4.78, 5) is 21.5. The Labute approximate surface area is 197 Å². The van der Waals surface area contributed by atoms with Gasteiger partial charge in [-0.1, -0.05) is 13.0 Å². The molecule has 1 aromatic heterocycles. The van der Waals surface area contributed by atoms with Gasteiger partial charge in [0, 0.05) is 23.6 Å². The maximum Gasteiger partial charge on any atom is 0.417 e. The smallest absolute Gasteiger partial charge is 0.417 e. The molecule has 2 aliphatic heterocycles. The first kappa shape index (κ1) is 25.2. The number of ether oxygens (including phenoxy) is 3. The quantitative estimate of drug-likeness (QED) is 0.605. The average Bonchev–Trinajstić information content (AvgIpc) is 3.06. The zero-order valence-electron chi connectivity index (χ0n) is 19.0. The van der Waals surface area contributed by atoms with Crippen molar-refractivity contribution in [1.29, 1.82) is 0 Å². The first-order valence-electron chi connectivity index (χ1n) is 10.6. The summed E-state index contributed by atoms with van der Waals surface area (Å²) < 4.78 is 85.7. The largest absolute Gasteiger partial charge is 0.493 e. The maximum atomic E-state index is 14.4. The van der Waals surface area contributed by atoms with Gasteiger partial charge in [-0.25, -0.2) is 14.4 Å². The standard InChI is InChI=1S/C22H23F5N4O4/c1-10-14(11-4-5-12(23)15(24)16(11)33-3)17(35-20(10,2)22(25,26)27)18(32)30-13-6-7-29-19(31-13)21(28)8-34-9-21/h4-7,10,14,17H,8-9,28H2,1-3H3,(H,29,30,31,32)/t10-,14-,17+,20+/m0/s1. The van der Waals surface area contributed by atoms with Crippen molar-refractivity contribution in [2.24, 2.45) is 11.7 Å². The minimum atomic E-state index is -4.87. The Bertz CT molecular complexity index is 1140. The molecule has 0 unspecified atom stereocenters. The lowest BCUT2D eigenvalue weighted by Crippen LogP contribution is -2.55. The number of hydrogen-bond donors (Lipinski definition) is 2. The molecule has 13 heteroatoms. The number of nitrogens with zero attached hydrogens (tertiary/aromatic N) is 2. The SMILES string of the molecule is COc1c([C@H]2[C@H](C(=O)Nc3ccnc(C4(N)COC4)n3)O[C@@](C)(C(F)(F)F)[C@H]2C)ccc(F)c1F. The van der Waals surface area contributed by atoms with E-state index < -0.39 is 58.5 Å². The maximum absolute atomic E-state index is 14.4. The van der Waals surface area contributed by atoms with E-state index in [4.69, 9.17) is 19.9 Å². The van der Waals surface area contributed by atoms with Gasteiger partial charge in [0.25, 0.3) is 5.91 Å². The molecule has 2 fully saturated rings. The highest BCUT2D eigenvalue weighted by Gasteiger charge is 2.66. The van der Waals surface area contributed by atoms with Gasteiger partial charge in [0.05, 0.1) is 20.3 Å². The van der Waals surface area contributed by atoms with Gasteiger partial charge in [-0.2, -0.15) is 17.6 Å². The van der Waals surface area contributed by atoms with Crippen LogP contribution in [0.4, 0.5) is 27.8 Å². The molecule has 190 valence electrons. The van der Waals surface area contributed by atoms with Gasteiger partial charge in [0.15, 0.2) is 23.0 Å². The van der Waals surface area contributed by atoms with Crippen LogP contribution in [0.1, 0.15) is 31.2 Å². The molecule has 0 radical (unpaired) electrons. The molecular formula is C22H23F5N4O4. The highest BCUT2D eigenvalue weighted by molar-refractivity contribution is 5.94. The van der Waals surface area contributed by atoms with Crippen LogP contribution < -0.4 is 15.8 Å². The van der Waals surface area contributed by atoms with E-state index in [2.05, 4.69) is 15.3 Å². The summed E-state index contributed by atoms with van der Waals surface area (Å²) in [5.41, 5.74) is 2.26. The van der Waals surface area contributed by atoms with E-state index in [1.807, 2.05) is 0 Å². The molecule has 4 atom stereocenters. The molecule has 4 rings (SSSR count). The first-order valence-corrected chi connectivity index (χ1v) is 10.6. The molecule has 8 nitrogen and oxygen atoms in total. The molecule has 1 amide bonds. The zero-order chi connectivity index (χ0) is 25.8. The van der Waals surface area contributed by atoms with Crippen LogP contribution in [0.25, 0.3) is 0 Å². The second-order valence-corrected chi connectivity index (χ2v) is 8.85. The summed E-state index contributed by atoms with van der Waals surface area (Å²) in [7, 11) is 1.05. The van der Waals surface area contributed by atoms with E-state index in [0.29, 0.717) is 0 Å². The number of anilines is 1. The van der Waals surface area contributed by atoms with Gasteiger partial charge in [-0.3, -0.25) is 4.79 Å². The molecule has 0 saturated carbocycles. The Hall–Kier alpha value is -2.90. The third-order valence-corrected chi connectivity index (χ3v) is 6.64. The molecule has 3 N–H and O–H groups in total. The minimum absolute atomic E-state index is 0.0235. The molecule has 1 aromatic carbocycles. The average molecular weight is 502 g/mol. The van der Waals surface area contributed by atoms with Gasteiger partial charge in [-0.15, -0.1) is 0 Å². The van der Waals surface area contributed by atoms with Crippen LogP contribution >= 0.6 is 0 Å². The third-order valence-electron chi connectivity index (χ3n) is 6.64. The molecule has 2 saturated heterocycles. The number of methoxy groups -OCH3 is 1. The molecular weight excluding hydrogens is 479 g/mol. The van der Waals surface area contributed by atoms with Crippen molar-refractivity contribution in [3.05, 3.63) is 47.4 Å². The highest BCUT2D eigenvalue weighted by Crippen LogP contribution is 2.55. The Morgan fingerprint density at radius 2 is 1.94 bits per heavy atom. The van der Waals surface area contributed by atoms with Gasteiger partial charge >= 0.3 is 6.18 Å². The van der Waals surface area contributed by atoms with Crippen molar-refractivity contribution in [2.75, 3.05) is 25.6 Å². The number of rotatable bonds is 5. The van der Waals surface area contributed by atoms with E-state index in [1.165, 1.54) is 19.2 Å². The fraction of sp³-hybridized carbons (Fsp3) is 0.500. The van der Waals surface area contributed by atoms with Gasteiger partial charge < -0.3 is 25.3 Å². The summed E-state index contributed by atoms with van der Waals surface area (Å²) in [6.07, 6.45) is -5.28. The molecule has 3 heterocycles. The fourth-order valence-corrected chi connectivity index (χ4v) is 4.36. The van der Waals surface area contributed by atoms with E-state index >= 15 is 0 Å². The number of aromatic nitrogens is 2. The van der Waals surface area contributed by atoms with Crippen LogP contribution in [0.15, 0.2) is 24.4 Å². The Morgan fingerprint density at radius 1 is 1.26 bits per heavy atom. The van der Waals surface area contributed by atoms with E-state index in [0.717, 1.165) is 26.2 Å². The topological polar surface area (TPSA) is 109 Å². The van der Waals surface area contributed by atoms with Crippen molar-refractivity contribution < 1.29 is 41.0 Å². The molecule has 35 heavy (non-hydrogen) atoms. The molecule has 0 aliphatic carbocycles. The van der Waals surface area contributed by atoms with Crippen molar-refractivity contribution in [3.8, 4) is 5.75 Å². The summed E-state index contributed by atoms with van der Waals surface area (Å²) in [6.45, 7) is 2.36. The van der Waals surface area contributed by atoms with E-state index in [1.54, 1.807) is 0 Å². The minimum Gasteiger partial charge on any atom is -0.493 e.